The largest absolute Gasteiger partial charge is 0.475 e. The van der Waals surface area contributed by atoms with Gasteiger partial charge in [0, 0.05) is 22.3 Å². The SMILES string of the molecule is CC1(C)COC(c2ccc(-c3cc(-c4cccc(-c5ccccc5)c4)cc(-c4ccc(C5=NC(C)(C)CO5)cc4)n3)cc2)=N1. The van der Waals surface area contributed by atoms with Crippen molar-refractivity contribution < 1.29 is 9.47 Å². The molecule has 44 heavy (non-hydrogen) atoms. The molecule has 0 radical (unpaired) electrons. The zero-order valence-corrected chi connectivity index (χ0v) is 25.5. The number of rotatable bonds is 6. The van der Waals surface area contributed by atoms with Gasteiger partial charge in [-0.25, -0.2) is 15.0 Å². The minimum Gasteiger partial charge on any atom is -0.475 e. The van der Waals surface area contributed by atoms with Crippen LogP contribution < -0.4 is 0 Å². The van der Waals surface area contributed by atoms with E-state index in [-0.39, 0.29) is 11.1 Å². The smallest absolute Gasteiger partial charge is 0.216 e. The van der Waals surface area contributed by atoms with Gasteiger partial charge in [0.15, 0.2) is 0 Å². The first-order chi connectivity index (χ1) is 21.2. The second kappa shape index (κ2) is 10.9. The van der Waals surface area contributed by atoms with Gasteiger partial charge in [-0.2, -0.15) is 0 Å². The fraction of sp³-hybridized carbons (Fsp3) is 0.205. The van der Waals surface area contributed by atoms with Gasteiger partial charge in [-0.1, -0.05) is 72.8 Å². The Kier molecular flexibility index (Phi) is 6.89. The molecular formula is C39H35N3O2. The van der Waals surface area contributed by atoms with Gasteiger partial charge in [0.05, 0.1) is 22.5 Å². The van der Waals surface area contributed by atoms with Gasteiger partial charge in [0.25, 0.3) is 0 Å². The molecule has 0 unspecified atom stereocenters. The lowest BCUT2D eigenvalue weighted by Crippen LogP contribution is -2.17. The molecule has 0 fully saturated rings. The van der Waals surface area contributed by atoms with E-state index in [9.17, 15) is 0 Å². The molecule has 5 heteroatoms. The topological polar surface area (TPSA) is 56.1 Å². The number of nitrogens with zero attached hydrogens (tertiary/aromatic N) is 3. The number of ether oxygens (including phenoxy) is 2. The van der Waals surface area contributed by atoms with Gasteiger partial charge in [-0.05, 0) is 92.4 Å². The normalized spacial score (nSPS) is 16.5. The Bertz CT molecular complexity index is 1790. The lowest BCUT2D eigenvalue weighted by Gasteiger charge is -2.12. The summed E-state index contributed by atoms with van der Waals surface area (Å²) in [5.74, 6) is 1.39. The molecule has 0 bridgehead atoms. The van der Waals surface area contributed by atoms with E-state index in [0.29, 0.717) is 25.0 Å². The number of hydrogen-bond acceptors (Lipinski definition) is 5. The van der Waals surface area contributed by atoms with Gasteiger partial charge in [-0.3, -0.25) is 0 Å². The highest BCUT2D eigenvalue weighted by Crippen LogP contribution is 2.33. The number of benzene rings is 4. The number of hydrogen-bond donors (Lipinski definition) is 0. The third-order valence-corrected chi connectivity index (χ3v) is 7.92. The maximum Gasteiger partial charge on any atom is 0.216 e. The molecule has 5 aromatic rings. The minimum absolute atomic E-state index is 0.199. The molecule has 218 valence electrons. The van der Waals surface area contributed by atoms with Gasteiger partial charge < -0.3 is 9.47 Å². The number of aromatic nitrogens is 1. The van der Waals surface area contributed by atoms with E-state index in [1.54, 1.807) is 0 Å². The van der Waals surface area contributed by atoms with Crippen molar-refractivity contribution in [2.75, 3.05) is 13.2 Å². The van der Waals surface area contributed by atoms with Crippen LogP contribution in [0.2, 0.25) is 0 Å². The van der Waals surface area contributed by atoms with Crippen LogP contribution in [0.15, 0.2) is 125 Å². The Hall–Kier alpha value is -5.03. The predicted molar refractivity (Wildman–Crippen MR) is 179 cm³/mol. The summed E-state index contributed by atoms with van der Waals surface area (Å²) in [5.41, 5.74) is 10.0. The standard InChI is InChI=1S/C39H35N3O2/c1-38(2)24-43-36(41-38)29-17-13-27(14-18-29)34-22-33(32-12-8-11-31(21-32)26-9-6-5-7-10-26)23-35(40-34)28-15-19-30(20-16-28)37-42-39(3,4)25-44-37/h5-23H,24-25H2,1-4H3. The molecule has 3 heterocycles. The molecule has 7 rings (SSSR count). The third-order valence-electron chi connectivity index (χ3n) is 7.92. The Morgan fingerprint density at radius 3 is 1.32 bits per heavy atom. The van der Waals surface area contributed by atoms with Gasteiger partial charge in [0.1, 0.15) is 13.2 Å². The third kappa shape index (κ3) is 5.78. The first kappa shape index (κ1) is 27.8. The Labute approximate surface area is 259 Å². The molecule has 1 aromatic heterocycles. The van der Waals surface area contributed by atoms with E-state index in [4.69, 9.17) is 24.4 Å². The summed E-state index contributed by atoms with van der Waals surface area (Å²) < 4.78 is 11.8. The van der Waals surface area contributed by atoms with E-state index in [1.807, 2.05) is 6.07 Å². The van der Waals surface area contributed by atoms with Crippen LogP contribution in [0.5, 0.6) is 0 Å². The van der Waals surface area contributed by atoms with Crippen molar-refractivity contribution in [2.45, 2.75) is 38.8 Å². The maximum absolute atomic E-state index is 5.88. The summed E-state index contributed by atoms with van der Waals surface area (Å²) in [6.07, 6.45) is 0. The van der Waals surface area contributed by atoms with Crippen molar-refractivity contribution in [3.05, 3.63) is 126 Å². The zero-order chi connectivity index (χ0) is 30.3. The molecule has 0 N–H and O–H groups in total. The van der Waals surface area contributed by atoms with E-state index in [1.165, 1.54) is 11.1 Å². The summed E-state index contributed by atoms with van der Waals surface area (Å²) in [4.78, 5) is 14.6. The number of pyridine rings is 1. The second-order valence-corrected chi connectivity index (χ2v) is 12.8. The monoisotopic (exact) mass is 577 g/mol. The van der Waals surface area contributed by atoms with Gasteiger partial charge in [0.2, 0.25) is 11.8 Å². The van der Waals surface area contributed by atoms with Crippen molar-refractivity contribution >= 4 is 11.8 Å². The van der Waals surface area contributed by atoms with Gasteiger partial charge >= 0.3 is 0 Å². The van der Waals surface area contributed by atoms with E-state index in [0.717, 1.165) is 44.8 Å². The average Bonchev–Trinajstić information content (AvgIpc) is 3.61. The Balaban J connectivity index is 1.29. The highest BCUT2D eigenvalue weighted by atomic mass is 16.5. The summed E-state index contributed by atoms with van der Waals surface area (Å²) in [6.45, 7) is 9.52. The molecule has 4 aromatic carbocycles. The Morgan fingerprint density at radius 2 is 0.864 bits per heavy atom. The van der Waals surface area contributed by atoms with E-state index in [2.05, 4.69) is 137 Å². The summed E-state index contributed by atoms with van der Waals surface area (Å²) in [6, 6.07) is 40.2. The van der Waals surface area contributed by atoms with Crippen LogP contribution in [0.1, 0.15) is 38.8 Å². The van der Waals surface area contributed by atoms with Crippen molar-refractivity contribution in [2.24, 2.45) is 9.98 Å². The molecular weight excluding hydrogens is 542 g/mol. The molecule has 0 saturated carbocycles. The van der Waals surface area contributed by atoms with Crippen LogP contribution in [-0.4, -0.2) is 41.1 Å². The molecule has 0 amide bonds. The second-order valence-electron chi connectivity index (χ2n) is 12.8. The van der Waals surface area contributed by atoms with Crippen molar-refractivity contribution in [3.8, 4) is 44.8 Å². The molecule has 0 saturated heterocycles. The molecule has 2 aliphatic heterocycles. The molecule has 0 atom stereocenters. The fourth-order valence-corrected chi connectivity index (χ4v) is 5.53. The minimum atomic E-state index is -0.199. The molecule has 5 nitrogen and oxygen atoms in total. The lowest BCUT2D eigenvalue weighted by molar-refractivity contribution is 0.279. The zero-order valence-electron chi connectivity index (χ0n) is 25.5. The molecule has 0 aliphatic carbocycles. The fourth-order valence-electron chi connectivity index (χ4n) is 5.53. The van der Waals surface area contributed by atoms with Crippen molar-refractivity contribution in [1.82, 2.24) is 4.98 Å². The van der Waals surface area contributed by atoms with Crippen LogP contribution in [0, 0.1) is 0 Å². The summed E-state index contributed by atoms with van der Waals surface area (Å²) >= 11 is 0. The Morgan fingerprint density at radius 1 is 0.432 bits per heavy atom. The van der Waals surface area contributed by atoms with Crippen LogP contribution in [0.25, 0.3) is 44.8 Å². The van der Waals surface area contributed by atoms with Crippen LogP contribution in [-0.2, 0) is 9.47 Å². The predicted octanol–water partition coefficient (Wildman–Crippen LogP) is 8.86. The average molecular weight is 578 g/mol. The summed E-state index contributed by atoms with van der Waals surface area (Å²) in [5, 5.41) is 0. The van der Waals surface area contributed by atoms with Crippen LogP contribution in [0.3, 0.4) is 0 Å². The highest BCUT2D eigenvalue weighted by Gasteiger charge is 2.28. The highest BCUT2D eigenvalue weighted by molar-refractivity contribution is 5.96. The maximum atomic E-state index is 5.88. The van der Waals surface area contributed by atoms with E-state index >= 15 is 0 Å². The molecule has 2 aliphatic rings. The lowest BCUT2D eigenvalue weighted by atomic mass is 9.96. The van der Waals surface area contributed by atoms with Crippen LogP contribution >= 0.6 is 0 Å². The molecule has 0 spiro atoms. The van der Waals surface area contributed by atoms with Crippen molar-refractivity contribution in [1.29, 1.82) is 0 Å². The van der Waals surface area contributed by atoms with Crippen molar-refractivity contribution in [3.63, 3.8) is 0 Å². The van der Waals surface area contributed by atoms with Crippen LogP contribution in [0.4, 0.5) is 0 Å². The quantitative estimate of drug-likeness (QED) is 0.203. The number of aliphatic imine (C=N–C) groups is 2. The first-order valence-electron chi connectivity index (χ1n) is 15.1. The first-order valence-corrected chi connectivity index (χ1v) is 15.1. The van der Waals surface area contributed by atoms with E-state index < -0.39 is 0 Å². The van der Waals surface area contributed by atoms with Gasteiger partial charge in [-0.15, -0.1) is 0 Å². The summed E-state index contributed by atoms with van der Waals surface area (Å²) in [7, 11) is 0.